The van der Waals surface area contributed by atoms with Crippen LogP contribution in [0.15, 0.2) is 36.4 Å². The van der Waals surface area contributed by atoms with Gasteiger partial charge in [0.05, 0.1) is 13.1 Å². The Hall–Kier alpha value is -1.26. The van der Waals surface area contributed by atoms with Crippen LogP contribution in [0, 0.1) is 22.7 Å². The van der Waals surface area contributed by atoms with E-state index in [1.54, 1.807) is 22.3 Å². The van der Waals surface area contributed by atoms with E-state index in [9.17, 15) is 0 Å². The maximum atomic E-state index is 4.13. The fourth-order valence-corrected chi connectivity index (χ4v) is 12.5. The van der Waals surface area contributed by atoms with E-state index >= 15 is 0 Å². The molecule has 4 aliphatic rings. The van der Waals surface area contributed by atoms with E-state index in [0.717, 1.165) is 24.9 Å². The fraction of sp³-hybridized carbons (Fsp3) is 0.711. The molecule has 4 aliphatic carbocycles. The number of hydrogen-bond acceptors (Lipinski definition) is 1. The van der Waals surface area contributed by atoms with Crippen molar-refractivity contribution in [3.8, 4) is 0 Å². The van der Waals surface area contributed by atoms with E-state index < -0.39 is 0 Å². The molecule has 0 aliphatic heterocycles. The lowest BCUT2D eigenvalue weighted by Gasteiger charge is -2.55. The average molecular weight is 750 g/mol. The van der Waals surface area contributed by atoms with Crippen LogP contribution in [0.4, 0.5) is 0 Å². The van der Waals surface area contributed by atoms with E-state index in [2.05, 4.69) is 121 Å². The Bertz CT molecular complexity index is 1480. The van der Waals surface area contributed by atoms with Crippen LogP contribution in [-0.4, -0.2) is 24.0 Å². The summed E-state index contributed by atoms with van der Waals surface area (Å²) in [7, 11) is 0. The van der Waals surface area contributed by atoms with Crippen LogP contribution in [0.1, 0.15) is 172 Å². The molecule has 6 rings (SSSR count). The molecule has 0 spiro atoms. The minimum absolute atomic E-state index is 0. The Labute approximate surface area is 316 Å². The largest absolute Gasteiger partial charge is 1.00 e. The molecule has 0 unspecified atom stereocenters. The number of hydrogen-bond donors (Lipinski definition) is 2. The second kappa shape index (κ2) is 15.4. The zero-order valence-corrected chi connectivity index (χ0v) is 35.1. The standard InChI is InChI=1S/C45H68N2S.BrH/c1-10-11-26-48-41(46-29-42(6)22-12-24-44(8)37-18-14-33(31(2)3)27-35(37)16-20-39(42)44)47-30-43(7)23-13-25-45(9)38-19-15-34(32(4)5)28-36(38)17-21-40(43)45;/h14-15,18-19,27-28,31-32,39-40H,10-13,16-17,20-26,29-30H2,1-9H3,(H,46,47);1H/t39-,40-,42-,43-,44+,45+;/m0./s1. The molecule has 0 bridgehead atoms. The first-order valence-electron chi connectivity index (χ1n) is 20.1. The van der Waals surface area contributed by atoms with Gasteiger partial charge in [0.25, 0.3) is 0 Å². The first kappa shape index (κ1) is 39.0. The van der Waals surface area contributed by atoms with Gasteiger partial charge in [0.1, 0.15) is 0 Å². The van der Waals surface area contributed by atoms with Crippen LogP contribution in [0.2, 0.25) is 0 Å². The predicted octanol–water partition coefficient (Wildman–Crippen LogP) is 7.22. The normalized spacial score (nSPS) is 32.5. The van der Waals surface area contributed by atoms with Crippen LogP contribution in [0.3, 0.4) is 0 Å². The van der Waals surface area contributed by atoms with Gasteiger partial charge in [-0.3, -0.25) is 10.3 Å². The number of amidine groups is 1. The van der Waals surface area contributed by atoms with Gasteiger partial charge in [-0.25, -0.2) is 0 Å². The minimum atomic E-state index is 0. The number of thioether (sulfide) groups is 1. The lowest BCUT2D eigenvalue weighted by atomic mass is 9.49. The summed E-state index contributed by atoms with van der Waals surface area (Å²) in [5, 5.41) is 5.47. The molecular weight excluding hydrogens is 680 g/mol. The maximum Gasteiger partial charge on any atom is 0.304 e. The van der Waals surface area contributed by atoms with Crippen molar-refractivity contribution in [1.29, 1.82) is 0 Å². The van der Waals surface area contributed by atoms with Crippen molar-refractivity contribution in [1.82, 2.24) is 5.32 Å². The van der Waals surface area contributed by atoms with Crippen molar-refractivity contribution in [3.63, 3.8) is 0 Å². The summed E-state index contributed by atoms with van der Waals surface area (Å²) < 4.78 is 0. The molecule has 4 heteroatoms. The number of benzene rings is 2. The van der Waals surface area contributed by atoms with Gasteiger partial charge in [0, 0.05) is 16.6 Å². The SMILES string of the molecule is CCCCSC(NC[C@]1(C)CCC[C@]2(C)c3ccc(C(C)C)cc3CC[C@@H]12)=[NH+]C[C@]1(C)CCC[C@]2(C)c3ccc(C(C)C)cc3CC[C@@H]12.[Br-]. The van der Waals surface area contributed by atoms with Crippen molar-refractivity contribution in [2.75, 3.05) is 18.8 Å². The molecule has 0 heterocycles. The molecule has 0 aromatic heterocycles. The molecule has 0 amide bonds. The van der Waals surface area contributed by atoms with Crippen molar-refractivity contribution in [3.05, 3.63) is 69.8 Å². The highest BCUT2D eigenvalue weighted by Crippen LogP contribution is 2.58. The molecule has 0 saturated heterocycles. The van der Waals surface area contributed by atoms with Crippen LogP contribution >= 0.6 is 11.8 Å². The lowest BCUT2D eigenvalue weighted by molar-refractivity contribution is -0.480. The molecule has 2 N–H and O–H groups in total. The summed E-state index contributed by atoms with van der Waals surface area (Å²) in [6.45, 7) is 24.3. The average Bonchev–Trinajstić information content (AvgIpc) is 3.05. The third-order valence-corrected chi connectivity index (χ3v) is 15.5. The summed E-state index contributed by atoms with van der Waals surface area (Å²) in [6.07, 6.45) is 15.7. The number of aryl methyl sites for hydroxylation is 2. The molecule has 49 heavy (non-hydrogen) atoms. The quantitative estimate of drug-likeness (QED) is 0.161. The highest BCUT2D eigenvalue weighted by molar-refractivity contribution is 8.13. The van der Waals surface area contributed by atoms with Gasteiger partial charge in [-0.05, 0) is 137 Å². The van der Waals surface area contributed by atoms with Crippen LogP contribution < -0.4 is 27.3 Å². The first-order chi connectivity index (χ1) is 22.8. The lowest BCUT2D eigenvalue weighted by Crippen LogP contribution is -3.00. The summed E-state index contributed by atoms with van der Waals surface area (Å²) >= 11 is 2.06. The van der Waals surface area contributed by atoms with Crippen molar-refractivity contribution in [2.24, 2.45) is 22.7 Å². The molecule has 2 saturated carbocycles. The van der Waals surface area contributed by atoms with Gasteiger partial charge in [-0.1, -0.05) is 118 Å². The van der Waals surface area contributed by atoms with E-state index in [4.69, 9.17) is 0 Å². The summed E-state index contributed by atoms with van der Waals surface area (Å²) in [5.41, 5.74) is 10.8. The van der Waals surface area contributed by atoms with Crippen molar-refractivity contribution in [2.45, 2.75) is 162 Å². The van der Waals surface area contributed by atoms with E-state index in [0.29, 0.717) is 22.7 Å². The van der Waals surface area contributed by atoms with E-state index in [1.807, 2.05) is 0 Å². The number of unbranched alkanes of at least 4 members (excludes halogenated alkanes) is 1. The molecule has 2 nitrogen and oxygen atoms in total. The van der Waals surface area contributed by atoms with Gasteiger partial charge < -0.3 is 17.0 Å². The molecule has 272 valence electrons. The maximum absolute atomic E-state index is 4.13. The highest BCUT2D eigenvalue weighted by atomic mass is 79.9. The Morgan fingerprint density at radius 3 is 1.80 bits per heavy atom. The summed E-state index contributed by atoms with van der Waals surface area (Å²) in [4.78, 5) is 4.13. The van der Waals surface area contributed by atoms with Crippen molar-refractivity contribution < 1.29 is 22.0 Å². The Balaban J connectivity index is 0.00000468. The zero-order valence-electron chi connectivity index (χ0n) is 32.7. The second-order valence-corrected chi connectivity index (χ2v) is 19.5. The van der Waals surface area contributed by atoms with Crippen LogP contribution in [0.25, 0.3) is 0 Å². The zero-order chi connectivity index (χ0) is 34.3. The van der Waals surface area contributed by atoms with E-state index in [1.165, 1.54) is 99.1 Å². The predicted molar refractivity (Wildman–Crippen MR) is 210 cm³/mol. The molecule has 6 atom stereocenters. The highest BCUT2D eigenvalue weighted by Gasteiger charge is 2.54. The van der Waals surface area contributed by atoms with Crippen molar-refractivity contribution >= 4 is 16.9 Å². The first-order valence-corrected chi connectivity index (χ1v) is 21.1. The molecule has 2 fully saturated rings. The summed E-state index contributed by atoms with van der Waals surface area (Å²) in [6, 6.07) is 15.0. The molecular formula is C45H69BrN2S. The molecule has 0 radical (unpaired) electrons. The monoisotopic (exact) mass is 748 g/mol. The van der Waals surface area contributed by atoms with Gasteiger partial charge in [0.15, 0.2) is 0 Å². The number of nitrogens with one attached hydrogen (secondary N) is 2. The number of rotatable bonds is 9. The second-order valence-electron chi connectivity index (χ2n) is 18.4. The van der Waals surface area contributed by atoms with Gasteiger partial charge in [0.2, 0.25) is 0 Å². The smallest absolute Gasteiger partial charge is 0.304 e. The Morgan fingerprint density at radius 1 is 0.776 bits per heavy atom. The van der Waals surface area contributed by atoms with Gasteiger partial charge in [-0.2, -0.15) is 0 Å². The van der Waals surface area contributed by atoms with Crippen LogP contribution in [-0.2, 0) is 23.7 Å². The molecule has 2 aromatic rings. The third-order valence-electron chi connectivity index (χ3n) is 14.4. The fourth-order valence-electron chi connectivity index (χ4n) is 11.5. The van der Waals surface area contributed by atoms with Gasteiger partial charge >= 0.3 is 5.17 Å². The minimum Gasteiger partial charge on any atom is -1.00 e. The number of fused-ring (bicyclic) bond motifs is 6. The third kappa shape index (κ3) is 7.49. The molecule has 2 aromatic carbocycles. The van der Waals surface area contributed by atoms with Crippen LogP contribution in [0.5, 0.6) is 0 Å². The number of halogens is 1. The topological polar surface area (TPSA) is 26.0 Å². The summed E-state index contributed by atoms with van der Waals surface area (Å²) in [5.74, 6) is 3.84. The Morgan fingerprint density at radius 2 is 1.29 bits per heavy atom. The van der Waals surface area contributed by atoms with Gasteiger partial charge in [-0.15, -0.1) is 0 Å². The van der Waals surface area contributed by atoms with E-state index in [-0.39, 0.29) is 27.8 Å². The Kier molecular flexibility index (Phi) is 12.2.